The fourth-order valence-corrected chi connectivity index (χ4v) is 1.59. The molecule has 0 fully saturated rings. The minimum Gasteiger partial charge on any atom is -0.481 e. The van der Waals surface area contributed by atoms with E-state index in [2.05, 4.69) is 0 Å². The van der Waals surface area contributed by atoms with Gasteiger partial charge in [-0.3, -0.25) is 9.59 Å². The fourth-order valence-electron chi connectivity index (χ4n) is 1.59. The Morgan fingerprint density at radius 2 is 2.12 bits per heavy atom. The molecule has 0 heterocycles. The lowest BCUT2D eigenvalue weighted by Gasteiger charge is -2.07. The Morgan fingerprint density at radius 3 is 2.56 bits per heavy atom. The quantitative estimate of drug-likeness (QED) is 0.776. The summed E-state index contributed by atoms with van der Waals surface area (Å²) in [5.74, 6) is -1.02. The number of carboxylic acid groups (broad SMARTS) is 1. The number of nitrogens with zero attached hydrogens (tertiary/aromatic N) is 1. The maximum atomic E-state index is 10.9. The van der Waals surface area contributed by atoms with Crippen LogP contribution in [0.2, 0.25) is 0 Å². The summed E-state index contributed by atoms with van der Waals surface area (Å²) in [5.41, 5.74) is 1.63. The van der Waals surface area contributed by atoms with Gasteiger partial charge in [0.05, 0.1) is 12.0 Å². The number of benzene rings is 1. The van der Waals surface area contributed by atoms with E-state index in [1.54, 1.807) is 12.1 Å². The van der Waals surface area contributed by atoms with Gasteiger partial charge in [-0.15, -0.1) is 0 Å². The van der Waals surface area contributed by atoms with Gasteiger partial charge in [0.2, 0.25) is 0 Å². The van der Waals surface area contributed by atoms with Gasteiger partial charge in [0.1, 0.15) is 6.07 Å². The lowest BCUT2D eigenvalue weighted by Crippen LogP contribution is -2.06. The molecule has 1 aromatic rings. The van der Waals surface area contributed by atoms with E-state index in [0.717, 1.165) is 5.56 Å². The van der Waals surface area contributed by atoms with Crippen LogP contribution in [0.5, 0.6) is 0 Å². The molecule has 4 nitrogen and oxygen atoms in total. The average Bonchev–Trinajstić information content (AvgIpc) is 2.27. The Balaban J connectivity index is 3.38. The zero-order chi connectivity index (χ0) is 12.1. The number of hydrogen-bond acceptors (Lipinski definition) is 3. The summed E-state index contributed by atoms with van der Waals surface area (Å²) in [5, 5.41) is 17.6. The van der Waals surface area contributed by atoms with Crippen molar-refractivity contribution in [1.82, 2.24) is 0 Å². The molecule has 16 heavy (non-hydrogen) atoms. The van der Waals surface area contributed by atoms with E-state index < -0.39 is 5.97 Å². The third kappa shape index (κ3) is 2.26. The van der Waals surface area contributed by atoms with Crippen LogP contribution in [0.25, 0.3) is 0 Å². The second-order valence-corrected chi connectivity index (χ2v) is 3.33. The minimum absolute atomic E-state index is 0.178. The number of rotatable bonds is 4. The number of aliphatic carboxylic acids is 1. The number of carbonyl (C=O) groups is 2. The Hall–Kier alpha value is -2.15. The highest BCUT2D eigenvalue weighted by Gasteiger charge is 2.13. The molecule has 0 aliphatic rings. The van der Waals surface area contributed by atoms with Gasteiger partial charge in [0.25, 0.3) is 0 Å². The van der Waals surface area contributed by atoms with Crippen molar-refractivity contribution >= 4 is 12.3 Å². The first-order chi connectivity index (χ1) is 7.63. The fraction of sp³-hybridized carbons (Fsp3) is 0.250. The Morgan fingerprint density at radius 1 is 1.50 bits per heavy atom. The normalized spacial score (nSPS) is 9.50. The highest BCUT2D eigenvalue weighted by molar-refractivity contribution is 5.83. The topological polar surface area (TPSA) is 78.2 Å². The van der Waals surface area contributed by atoms with Crippen molar-refractivity contribution in [1.29, 1.82) is 5.26 Å². The monoisotopic (exact) mass is 217 g/mol. The number of carboxylic acids is 1. The van der Waals surface area contributed by atoms with Gasteiger partial charge >= 0.3 is 5.97 Å². The van der Waals surface area contributed by atoms with Gasteiger partial charge in [0, 0.05) is 5.56 Å². The van der Waals surface area contributed by atoms with Crippen LogP contribution in [-0.2, 0) is 17.6 Å². The van der Waals surface area contributed by atoms with E-state index in [1.165, 1.54) is 0 Å². The molecule has 1 N–H and O–H groups in total. The maximum absolute atomic E-state index is 10.9. The first-order valence-electron chi connectivity index (χ1n) is 4.85. The molecule has 0 bridgehead atoms. The van der Waals surface area contributed by atoms with Crippen molar-refractivity contribution in [3.63, 3.8) is 0 Å². The van der Waals surface area contributed by atoms with Gasteiger partial charge in [-0.25, -0.2) is 0 Å². The number of carbonyl (C=O) groups excluding carboxylic acids is 1. The summed E-state index contributed by atoms with van der Waals surface area (Å²) in [6.45, 7) is 1.88. The SMILES string of the molecule is CCc1ccc(CC(=O)O)c(C#N)c1C=O. The van der Waals surface area contributed by atoms with E-state index in [4.69, 9.17) is 10.4 Å². The Kier molecular flexibility index (Phi) is 3.78. The summed E-state index contributed by atoms with van der Waals surface area (Å²) < 4.78 is 0. The summed E-state index contributed by atoms with van der Waals surface area (Å²) >= 11 is 0. The van der Waals surface area contributed by atoms with Crippen molar-refractivity contribution < 1.29 is 14.7 Å². The molecule has 82 valence electrons. The van der Waals surface area contributed by atoms with E-state index >= 15 is 0 Å². The van der Waals surface area contributed by atoms with Crippen molar-refractivity contribution in [2.45, 2.75) is 19.8 Å². The third-order valence-electron chi connectivity index (χ3n) is 2.37. The van der Waals surface area contributed by atoms with E-state index in [-0.39, 0.29) is 12.0 Å². The number of aryl methyl sites for hydroxylation is 1. The predicted octanol–water partition coefficient (Wildman–Crippen LogP) is 1.56. The molecule has 0 saturated heterocycles. The minimum atomic E-state index is -1.02. The molecule has 0 aliphatic heterocycles. The van der Waals surface area contributed by atoms with E-state index in [9.17, 15) is 9.59 Å². The van der Waals surface area contributed by atoms with Gasteiger partial charge in [-0.05, 0) is 17.5 Å². The van der Waals surface area contributed by atoms with Gasteiger partial charge in [0.15, 0.2) is 6.29 Å². The Bertz CT molecular complexity index is 472. The number of hydrogen-bond donors (Lipinski definition) is 1. The zero-order valence-corrected chi connectivity index (χ0v) is 8.86. The molecule has 0 unspecified atom stereocenters. The van der Waals surface area contributed by atoms with Crippen molar-refractivity contribution in [3.8, 4) is 6.07 Å². The molecular formula is C12H11NO3. The zero-order valence-electron chi connectivity index (χ0n) is 8.86. The molecule has 0 amide bonds. The summed E-state index contributed by atoms with van der Waals surface area (Å²) in [4.78, 5) is 21.5. The second-order valence-electron chi connectivity index (χ2n) is 3.33. The summed E-state index contributed by atoms with van der Waals surface area (Å²) in [6, 6.07) is 5.19. The summed E-state index contributed by atoms with van der Waals surface area (Å²) in [7, 11) is 0. The van der Waals surface area contributed by atoms with Gasteiger partial charge in [-0.1, -0.05) is 19.1 Å². The van der Waals surface area contributed by atoms with Crippen LogP contribution in [0.15, 0.2) is 12.1 Å². The van der Waals surface area contributed by atoms with E-state index in [1.807, 2.05) is 13.0 Å². The second kappa shape index (κ2) is 5.08. The van der Waals surface area contributed by atoms with Crippen LogP contribution in [0, 0.1) is 11.3 Å². The molecule has 1 rings (SSSR count). The molecule has 4 heteroatoms. The van der Waals surface area contributed by atoms with Crippen LogP contribution in [-0.4, -0.2) is 17.4 Å². The molecule has 0 spiro atoms. The predicted molar refractivity (Wildman–Crippen MR) is 57.3 cm³/mol. The first-order valence-corrected chi connectivity index (χ1v) is 4.85. The molecular weight excluding hydrogens is 206 g/mol. The number of nitriles is 1. The molecule has 0 aliphatic carbocycles. The van der Waals surface area contributed by atoms with Crippen molar-refractivity contribution in [2.24, 2.45) is 0 Å². The lowest BCUT2D eigenvalue weighted by molar-refractivity contribution is -0.136. The smallest absolute Gasteiger partial charge is 0.307 e. The summed E-state index contributed by atoms with van der Waals surface area (Å²) in [6.07, 6.45) is 1.01. The highest BCUT2D eigenvalue weighted by atomic mass is 16.4. The molecule has 0 aromatic heterocycles. The molecule has 0 saturated carbocycles. The molecule has 0 radical (unpaired) electrons. The molecule has 0 atom stereocenters. The lowest BCUT2D eigenvalue weighted by atomic mass is 9.94. The highest BCUT2D eigenvalue weighted by Crippen LogP contribution is 2.18. The van der Waals surface area contributed by atoms with Gasteiger partial charge < -0.3 is 5.11 Å². The van der Waals surface area contributed by atoms with Crippen LogP contribution >= 0.6 is 0 Å². The maximum Gasteiger partial charge on any atom is 0.307 e. The van der Waals surface area contributed by atoms with Crippen molar-refractivity contribution in [3.05, 3.63) is 34.4 Å². The van der Waals surface area contributed by atoms with Crippen LogP contribution in [0.4, 0.5) is 0 Å². The standard InChI is InChI=1S/C12H11NO3/c1-2-8-3-4-9(5-12(15)16)10(6-13)11(8)7-14/h3-4,7H,2,5H2,1H3,(H,15,16). The number of aldehydes is 1. The van der Waals surface area contributed by atoms with Crippen LogP contribution in [0.3, 0.4) is 0 Å². The van der Waals surface area contributed by atoms with Gasteiger partial charge in [-0.2, -0.15) is 5.26 Å². The Labute approximate surface area is 93.1 Å². The van der Waals surface area contributed by atoms with Crippen LogP contribution in [0.1, 0.15) is 34.0 Å². The molecule has 1 aromatic carbocycles. The third-order valence-corrected chi connectivity index (χ3v) is 2.37. The van der Waals surface area contributed by atoms with E-state index in [0.29, 0.717) is 23.8 Å². The van der Waals surface area contributed by atoms with Crippen LogP contribution < -0.4 is 0 Å². The van der Waals surface area contributed by atoms with Crippen molar-refractivity contribution in [2.75, 3.05) is 0 Å². The average molecular weight is 217 g/mol. The largest absolute Gasteiger partial charge is 0.481 e. The first kappa shape index (κ1) is 11.9.